The number of rotatable bonds is 13. The van der Waals surface area contributed by atoms with Gasteiger partial charge in [0.25, 0.3) is 0 Å². The molecule has 1 heterocycles. The molecule has 0 fully saturated rings. The van der Waals surface area contributed by atoms with Gasteiger partial charge in [-0.3, -0.25) is 10.8 Å². The predicted molar refractivity (Wildman–Crippen MR) is 125 cm³/mol. The lowest BCUT2D eigenvalue weighted by atomic mass is 10.1. The van der Waals surface area contributed by atoms with Crippen LogP contribution < -0.4 is 11.4 Å². The van der Waals surface area contributed by atoms with Crippen molar-refractivity contribution in [2.75, 3.05) is 13.2 Å². The number of imidazole rings is 1. The summed E-state index contributed by atoms with van der Waals surface area (Å²) in [5, 5.41) is 15.8. The van der Waals surface area contributed by atoms with Gasteiger partial charge in [-0.2, -0.15) is 0 Å². The van der Waals surface area contributed by atoms with Gasteiger partial charge < -0.3 is 24.3 Å². The van der Waals surface area contributed by atoms with Crippen molar-refractivity contribution in [3.63, 3.8) is 0 Å². The van der Waals surface area contributed by atoms with E-state index in [0.717, 1.165) is 37.1 Å². The minimum absolute atomic E-state index is 0.0717. The van der Waals surface area contributed by atoms with Gasteiger partial charge in [-0.15, -0.1) is 0 Å². The Bertz CT molecular complexity index is 1040. The van der Waals surface area contributed by atoms with E-state index in [4.69, 9.17) is 26.0 Å². The largest absolute Gasteiger partial charge is 0.384 e. The highest BCUT2D eigenvalue weighted by Crippen LogP contribution is 2.06. The summed E-state index contributed by atoms with van der Waals surface area (Å²) in [6, 6.07) is 15.9. The zero-order chi connectivity index (χ0) is 22.8. The molecule has 0 saturated heterocycles. The van der Waals surface area contributed by atoms with E-state index in [1.807, 2.05) is 45.8 Å². The molecule has 0 saturated carbocycles. The van der Waals surface area contributed by atoms with Crippen LogP contribution in [-0.4, -0.2) is 28.2 Å². The van der Waals surface area contributed by atoms with Gasteiger partial charge in [0.15, 0.2) is 0 Å². The van der Waals surface area contributed by atoms with Gasteiger partial charge in [-0.05, 0) is 30.9 Å². The van der Waals surface area contributed by atoms with Gasteiger partial charge in [-0.1, -0.05) is 54.1 Å². The maximum absolute atomic E-state index is 8.35. The van der Waals surface area contributed by atoms with E-state index in [1.165, 1.54) is 11.1 Å². The first-order valence-electron chi connectivity index (χ1n) is 11.0. The van der Waals surface area contributed by atoms with E-state index in [1.54, 1.807) is 0 Å². The number of ether oxygens (including phenoxy) is 2. The molecule has 0 aliphatic carbocycles. The maximum atomic E-state index is 8.35. The molecule has 4 N–H and O–H groups in total. The molecule has 0 aliphatic heterocycles. The number of aromatic nitrogens is 2. The van der Waals surface area contributed by atoms with Gasteiger partial charge in [-0.25, -0.2) is 0 Å². The van der Waals surface area contributed by atoms with Crippen molar-refractivity contribution in [1.29, 1.82) is 10.8 Å². The Morgan fingerprint density at radius 2 is 1.28 bits per heavy atom. The van der Waals surface area contributed by atoms with Crippen molar-refractivity contribution in [3.8, 4) is 0 Å². The SMILES string of the molecule is Cc1ccc(COCCCn2ccn(CCCOCc3ccc(C(=N)N)cc3)c2=N)cc1. The molecule has 0 spiro atoms. The third-order valence-electron chi connectivity index (χ3n) is 5.27. The lowest BCUT2D eigenvalue weighted by molar-refractivity contribution is 0.114. The Kier molecular flexibility index (Phi) is 8.83. The lowest BCUT2D eigenvalue weighted by Gasteiger charge is -2.07. The molecule has 0 aliphatic rings. The summed E-state index contributed by atoms with van der Waals surface area (Å²) in [7, 11) is 0. The Morgan fingerprint density at radius 1 is 0.812 bits per heavy atom. The van der Waals surface area contributed by atoms with Crippen LogP contribution in [0, 0.1) is 17.7 Å². The molecule has 170 valence electrons. The van der Waals surface area contributed by atoms with Crippen LogP contribution >= 0.6 is 0 Å². The molecule has 0 unspecified atom stereocenters. The van der Waals surface area contributed by atoms with Gasteiger partial charge in [0, 0.05) is 44.3 Å². The molecule has 7 heteroatoms. The Morgan fingerprint density at radius 3 is 1.75 bits per heavy atom. The van der Waals surface area contributed by atoms with Crippen molar-refractivity contribution in [2.24, 2.45) is 5.73 Å². The van der Waals surface area contributed by atoms with Crippen LogP contribution in [0.5, 0.6) is 0 Å². The second-order valence-electron chi connectivity index (χ2n) is 7.92. The standard InChI is InChI=1S/C25H33N5O2/c1-20-4-6-21(7-5-20)18-31-16-2-12-29-14-15-30(25(29)28)13-3-17-32-19-22-8-10-23(11-9-22)24(26)27/h4-11,14-15,28H,2-3,12-13,16-19H2,1H3,(H3,26,27). The number of hydrogen-bond donors (Lipinski definition) is 3. The van der Waals surface area contributed by atoms with Crippen molar-refractivity contribution >= 4 is 5.84 Å². The summed E-state index contributed by atoms with van der Waals surface area (Å²) in [6.45, 7) is 6.05. The summed E-state index contributed by atoms with van der Waals surface area (Å²) < 4.78 is 15.4. The highest BCUT2D eigenvalue weighted by Gasteiger charge is 2.02. The fourth-order valence-corrected chi connectivity index (χ4v) is 3.35. The van der Waals surface area contributed by atoms with Crippen LogP contribution in [0.1, 0.15) is 35.1 Å². The molecule has 0 radical (unpaired) electrons. The molecule has 0 atom stereocenters. The number of aryl methyl sites for hydroxylation is 3. The first kappa shape index (κ1) is 23.5. The van der Waals surface area contributed by atoms with Gasteiger partial charge in [0.05, 0.1) is 13.2 Å². The zero-order valence-electron chi connectivity index (χ0n) is 18.7. The van der Waals surface area contributed by atoms with Crippen molar-refractivity contribution in [2.45, 2.75) is 46.1 Å². The summed E-state index contributed by atoms with van der Waals surface area (Å²) in [5.74, 6) is 0.0717. The highest BCUT2D eigenvalue weighted by atomic mass is 16.5. The van der Waals surface area contributed by atoms with Gasteiger partial charge >= 0.3 is 0 Å². The van der Waals surface area contributed by atoms with Crippen molar-refractivity contribution in [3.05, 3.63) is 88.8 Å². The normalized spacial score (nSPS) is 11.0. The number of nitrogens with two attached hydrogens (primary N) is 1. The summed E-state index contributed by atoms with van der Waals surface area (Å²) >= 11 is 0. The van der Waals surface area contributed by atoms with Crippen LogP contribution in [-0.2, 0) is 35.8 Å². The van der Waals surface area contributed by atoms with E-state index in [-0.39, 0.29) is 5.84 Å². The maximum Gasteiger partial charge on any atom is 0.202 e. The molecule has 0 bridgehead atoms. The predicted octanol–water partition coefficient (Wildman–Crippen LogP) is 3.58. The first-order chi connectivity index (χ1) is 15.5. The lowest BCUT2D eigenvalue weighted by Crippen LogP contribution is -2.25. The van der Waals surface area contributed by atoms with E-state index in [0.29, 0.717) is 32.0 Å². The third-order valence-corrected chi connectivity index (χ3v) is 5.27. The number of nitrogen functional groups attached to an aromatic ring is 1. The fourth-order valence-electron chi connectivity index (χ4n) is 3.35. The van der Waals surface area contributed by atoms with E-state index in [9.17, 15) is 0 Å². The smallest absolute Gasteiger partial charge is 0.202 e. The topological polar surface area (TPSA) is 102 Å². The van der Waals surface area contributed by atoms with E-state index < -0.39 is 0 Å². The number of benzene rings is 2. The number of hydrogen-bond acceptors (Lipinski definition) is 4. The quantitative estimate of drug-likeness (QED) is 0.217. The van der Waals surface area contributed by atoms with Gasteiger partial charge in [0.1, 0.15) is 5.84 Å². The molecule has 1 aromatic heterocycles. The molecule has 3 rings (SSSR count). The highest BCUT2D eigenvalue weighted by molar-refractivity contribution is 5.94. The first-order valence-corrected chi connectivity index (χ1v) is 11.0. The second kappa shape index (κ2) is 12.0. The molecule has 7 nitrogen and oxygen atoms in total. The second-order valence-corrected chi connectivity index (χ2v) is 7.92. The zero-order valence-corrected chi connectivity index (χ0v) is 18.7. The number of nitrogens with one attached hydrogen (secondary N) is 2. The summed E-state index contributed by atoms with van der Waals surface area (Å²) in [5.41, 5.74) is 10.2. The molecule has 3 aromatic rings. The molecule has 2 aromatic carbocycles. The monoisotopic (exact) mass is 435 g/mol. The van der Waals surface area contributed by atoms with Crippen LogP contribution in [0.25, 0.3) is 0 Å². The third kappa shape index (κ3) is 7.21. The van der Waals surface area contributed by atoms with Crippen LogP contribution in [0.4, 0.5) is 0 Å². The van der Waals surface area contributed by atoms with Crippen molar-refractivity contribution in [1.82, 2.24) is 9.13 Å². The van der Waals surface area contributed by atoms with E-state index in [2.05, 4.69) is 31.2 Å². The van der Waals surface area contributed by atoms with Crippen LogP contribution in [0.2, 0.25) is 0 Å². The molecular weight excluding hydrogens is 402 g/mol. The Labute approximate surface area is 189 Å². The van der Waals surface area contributed by atoms with Gasteiger partial charge in [0.2, 0.25) is 5.62 Å². The van der Waals surface area contributed by atoms with Crippen LogP contribution in [0.15, 0.2) is 60.9 Å². The number of nitrogens with zero attached hydrogens (tertiary/aromatic N) is 2. The average molecular weight is 436 g/mol. The summed E-state index contributed by atoms with van der Waals surface area (Å²) in [4.78, 5) is 0. The Balaban J connectivity index is 1.30. The fraction of sp³-hybridized carbons (Fsp3) is 0.360. The Hall–Kier alpha value is -3.16. The molecule has 0 amide bonds. The van der Waals surface area contributed by atoms with Crippen LogP contribution in [0.3, 0.4) is 0 Å². The molecule has 32 heavy (non-hydrogen) atoms. The van der Waals surface area contributed by atoms with Crippen molar-refractivity contribution < 1.29 is 9.47 Å². The minimum Gasteiger partial charge on any atom is -0.384 e. The molecular formula is C25H33N5O2. The minimum atomic E-state index is 0.0717. The summed E-state index contributed by atoms with van der Waals surface area (Å²) in [6.07, 6.45) is 5.62. The number of amidine groups is 1. The van der Waals surface area contributed by atoms with E-state index >= 15 is 0 Å². The average Bonchev–Trinajstić information content (AvgIpc) is 3.14.